The maximum atomic E-state index is 15.0. The van der Waals surface area contributed by atoms with E-state index >= 15 is 8.78 Å². The number of alkyl halides is 3. The molecule has 4 rings (SSSR count). The Morgan fingerprint density at radius 1 is 1.19 bits per heavy atom. The molecule has 1 fully saturated rings. The molecular weight excluding hydrogens is 579 g/mol. The van der Waals surface area contributed by atoms with E-state index in [-0.39, 0.29) is 36.0 Å². The van der Waals surface area contributed by atoms with Crippen molar-refractivity contribution in [2.45, 2.75) is 52.4 Å². The summed E-state index contributed by atoms with van der Waals surface area (Å²) in [5, 5.41) is 4.95. The van der Waals surface area contributed by atoms with Gasteiger partial charge in [-0.25, -0.2) is 18.6 Å². The summed E-state index contributed by atoms with van der Waals surface area (Å²) in [5.41, 5.74) is -1.66. The third-order valence-corrected chi connectivity index (χ3v) is 9.08. The first kappa shape index (κ1) is 31.7. The summed E-state index contributed by atoms with van der Waals surface area (Å²) >= 11 is 0. The molecule has 0 saturated carbocycles. The Labute approximate surface area is 241 Å². The highest BCUT2D eigenvalue weighted by Gasteiger charge is 2.41. The molecule has 42 heavy (non-hydrogen) atoms. The number of hydrogen-bond donors (Lipinski definition) is 2. The Morgan fingerprint density at radius 3 is 2.40 bits per heavy atom. The Morgan fingerprint density at radius 2 is 1.86 bits per heavy atom. The van der Waals surface area contributed by atoms with Gasteiger partial charge in [-0.15, -0.1) is 0 Å². The van der Waals surface area contributed by atoms with E-state index in [9.17, 15) is 18.0 Å². The fourth-order valence-corrected chi connectivity index (χ4v) is 5.21. The average Bonchev–Trinajstić information content (AvgIpc) is 3.23. The van der Waals surface area contributed by atoms with Crippen molar-refractivity contribution in [3.63, 3.8) is 0 Å². The summed E-state index contributed by atoms with van der Waals surface area (Å²) in [6, 6.07) is 3.50. The van der Waals surface area contributed by atoms with E-state index in [2.05, 4.69) is 35.3 Å². The molecule has 1 aromatic carbocycles. The summed E-state index contributed by atoms with van der Waals surface area (Å²) in [6.45, 7) is 12.1. The van der Waals surface area contributed by atoms with E-state index in [1.165, 1.54) is 10.8 Å². The van der Waals surface area contributed by atoms with Gasteiger partial charge in [0.1, 0.15) is 24.7 Å². The molecule has 1 aliphatic heterocycles. The van der Waals surface area contributed by atoms with Gasteiger partial charge in [-0.1, -0.05) is 33.5 Å². The maximum Gasteiger partial charge on any atom is 0.418 e. The number of amides is 1. The maximum absolute atomic E-state index is 15.0. The third kappa shape index (κ3) is 7.21. The number of carbonyl (C=O) groups excluding carboxylic acids is 1. The first-order valence-electron chi connectivity index (χ1n) is 13.5. The molecule has 1 saturated heterocycles. The molecule has 0 radical (unpaired) electrons. The van der Waals surface area contributed by atoms with Crippen LogP contribution in [0.5, 0.6) is 11.5 Å². The lowest BCUT2D eigenvalue weighted by atomic mass is 9.73. The lowest BCUT2D eigenvalue weighted by molar-refractivity contribution is -0.136. The number of benzene rings is 1. The molecular formula is C28H35F5N4O4Si. The number of rotatable bonds is 11. The Balaban J connectivity index is 1.54. The van der Waals surface area contributed by atoms with Gasteiger partial charge in [0.25, 0.3) is 0 Å². The van der Waals surface area contributed by atoms with Crippen LogP contribution in [0.25, 0.3) is 11.0 Å². The van der Waals surface area contributed by atoms with Crippen molar-refractivity contribution in [1.82, 2.24) is 14.9 Å². The molecule has 0 atom stereocenters. The number of ether oxygens (including phenoxy) is 3. The van der Waals surface area contributed by atoms with E-state index in [0.717, 1.165) is 30.4 Å². The molecule has 1 amide bonds. The summed E-state index contributed by atoms with van der Waals surface area (Å²) in [5.74, 6) is -3.61. The highest BCUT2D eigenvalue weighted by molar-refractivity contribution is 6.76. The SMILES string of the molecule is CC(C)C1(COC(=O)Nc2cc(F)c(Oc3ccnc4c3c(C(F)(F)F)cn4COCC[Si](C)(C)C)c(F)c2)CNC1. The number of hydrogen-bond acceptors (Lipinski definition) is 6. The lowest BCUT2D eigenvalue weighted by Crippen LogP contribution is -2.59. The van der Waals surface area contributed by atoms with Gasteiger partial charge in [0.15, 0.2) is 17.4 Å². The fourth-order valence-electron chi connectivity index (χ4n) is 4.45. The van der Waals surface area contributed by atoms with Gasteiger partial charge >= 0.3 is 12.3 Å². The van der Waals surface area contributed by atoms with Crippen molar-refractivity contribution in [3.05, 3.63) is 47.8 Å². The van der Waals surface area contributed by atoms with Gasteiger partial charge in [-0.2, -0.15) is 13.2 Å². The van der Waals surface area contributed by atoms with E-state index < -0.39 is 54.4 Å². The van der Waals surface area contributed by atoms with Crippen LogP contribution in [-0.4, -0.2) is 50.0 Å². The molecule has 2 aromatic heterocycles. The lowest BCUT2D eigenvalue weighted by Gasteiger charge is -2.45. The minimum Gasteiger partial charge on any atom is -0.450 e. The van der Waals surface area contributed by atoms with Crippen molar-refractivity contribution in [2.75, 3.05) is 31.6 Å². The standard InChI is InChI=1S/C28H35F5N4O4Si/c1-17(2)27(13-34-14-27)15-40-26(38)36-18-10-20(29)24(21(30)11-18)41-22-6-7-35-25-23(22)19(28(31,32)33)12-37(25)16-39-8-9-42(3,4)5/h6-7,10-12,17,34H,8-9,13-16H2,1-5H3,(H,36,38). The normalized spacial score (nSPS) is 15.1. The van der Waals surface area contributed by atoms with Crippen LogP contribution in [0.1, 0.15) is 19.4 Å². The summed E-state index contributed by atoms with van der Waals surface area (Å²) < 4.78 is 89.5. The Hall–Kier alpha value is -3.23. The largest absolute Gasteiger partial charge is 0.450 e. The molecule has 1 aliphatic rings. The second-order valence-corrected chi connectivity index (χ2v) is 17.7. The number of nitrogens with one attached hydrogen (secondary N) is 2. The predicted octanol–water partition coefficient (Wildman–Crippen LogP) is 7.23. The van der Waals surface area contributed by atoms with Crippen molar-refractivity contribution < 1.29 is 41.0 Å². The van der Waals surface area contributed by atoms with Crippen LogP contribution in [0.2, 0.25) is 25.7 Å². The average molecular weight is 615 g/mol. The van der Waals surface area contributed by atoms with Crippen LogP contribution >= 0.6 is 0 Å². The molecule has 14 heteroatoms. The zero-order valence-corrected chi connectivity index (χ0v) is 25.1. The molecule has 0 spiro atoms. The van der Waals surface area contributed by atoms with Crippen LogP contribution in [0.3, 0.4) is 0 Å². The van der Waals surface area contributed by atoms with Crippen molar-refractivity contribution in [3.8, 4) is 11.5 Å². The molecule has 8 nitrogen and oxygen atoms in total. The van der Waals surface area contributed by atoms with Crippen LogP contribution in [0.15, 0.2) is 30.6 Å². The van der Waals surface area contributed by atoms with E-state index in [4.69, 9.17) is 14.2 Å². The Bertz CT molecular complexity index is 1410. The number of nitrogens with zero attached hydrogens (tertiary/aromatic N) is 2. The van der Waals surface area contributed by atoms with Crippen LogP contribution in [0, 0.1) is 23.0 Å². The Kier molecular flexibility index (Phi) is 9.19. The zero-order chi connectivity index (χ0) is 30.9. The topological polar surface area (TPSA) is 86.6 Å². The minimum atomic E-state index is -4.81. The summed E-state index contributed by atoms with van der Waals surface area (Å²) in [6.07, 6.45) is -3.68. The van der Waals surface area contributed by atoms with Gasteiger partial charge < -0.3 is 24.1 Å². The number of pyridine rings is 1. The quantitative estimate of drug-likeness (QED) is 0.135. The number of halogens is 5. The van der Waals surface area contributed by atoms with Gasteiger partial charge in [0, 0.05) is 57.7 Å². The first-order valence-corrected chi connectivity index (χ1v) is 17.2. The molecule has 2 N–H and O–H groups in total. The number of carbonyl (C=O) groups is 1. The van der Waals surface area contributed by atoms with Crippen molar-refractivity contribution in [2.24, 2.45) is 11.3 Å². The van der Waals surface area contributed by atoms with E-state index in [0.29, 0.717) is 19.7 Å². The minimum absolute atomic E-state index is 0.115. The van der Waals surface area contributed by atoms with Gasteiger partial charge in [0.2, 0.25) is 0 Å². The van der Waals surface area contributed by atoms with E-state index in [1.807, 2.05) is 13.8 Å². The van der Waals surface area contributed by atoms with Gasteiger partial charge in [-0.05, 0) is 18.0 Å². The second kappa shape index (κ2) is 12.2. The predicted molar refractivity (Wildman–Crippen MR) is 150 cm³/mol. The fraction of sp³-hybridized carbons (Fsp3) is 0.500. The first-order chi connectivity index (χ1) is 19.6. The molecule has 0 bridgehead atoms. The highest BCUT2D eigenvalue weighted by Crippen LogP contribution is 2.42. The molecule has 3 aromatic rings. The van der Waals surface area contributed by atoms with Crippen molar-refractivity contribution >= 4 is 30.9 Å². The molecule has 3 heterocycles. The van der Waals surface area contributed by atoms with Gasteiger partial charge in [-0.3, -0.25) is 5.32 Å². The molecule has 0 aliphatic carbocycles. The highest BCUT2D eigenvalue weighted by atomic mass is 28.3. The van der Waals surface area contributed by atoms with E-state index in [1.54, 1.807) is 0 Å². The number of anilines is 1. The van der Waals surface area contributed by atoms with Crippen LogP contribution in [-0.2, 0) is 22.4 Å². The summed E-state index contributed by atoms with van der Waals surface area (Å²) in [4.78, 5) is 16.3. The number of aromatic nitrogens is 2. The van der Waals surface area contributed by atoms with Crippen LogP contribution < -0.4 is 15.4 Å². The monoisotopic (exact) mass is 614 g/mol. The second-order valence-electron chi connectivity index (χ2n) is 12.1. The zero-order valence-electron chi connectivity index (χ0n) is 24.1. The van der Waals surface area contributed by atoms with Crippen molar-refractivity contribution in [1.29, 1.82) is 0 Å². The summed E-state index contributed by atoms with van der Waals surface area (Å²) in [7, 11) is -1.42. The third-order valence-electron chi connectivity index (χ3n) is 7.38. The van der Waals surface area contributed by atoms with Gasteiger partial charge in [0.05, 0.1) is 16.6 Å². The number of fused-ring (bicyclic) bond motifs is 1. The molecule has 0 unspecified atom stereocenters. The van der Waals surface area contributed by atoms with Crippen LogP contribution in [0.4, 0.5) is 32.4 Å². The molecule has 230 valence electrons. The smallest absolute Gasteiger partial charge is 0.418 e.